The second-order valence-corrected chi connectivity index (χ2v) is 8.28. The van der Waals surface area contributed by atoms with Gasteiger partial charge >= 0.3 is 0 Å². The number of ether oxygens (including phenoxy) is 2. The minimum Gasteiger partial charge on any atom is -0.502 e. The van der Waals surface area contributed by atoms with E-state index >= 15 is 0 Å². The highest BCUT2D eigenvalue weighted by Crippen LogP contribution is 2.45. The number of aromatic hydroxyl groups is 1. The highest BCUT2D eigenvalue weighted by Gasteiger charge is 2.26. The number of phenols is 1. The topological polar surface area (TPSA) is 80.7 Å². The molecule has 33 heavy (non-hydrogen) atoms. The fourth-order valence-electron chi connectivity index (χ4n) is 3.88. The zero-order valence-electron chi connectivity index (χ0n) is 18.4. The predicted octanol–water partition coefficient (Wildman–Crippen LogP) is 5.04. The summed E-state index contributed by atoms with van der Waals surface area (Å²) in [6.07, 6.45) is 2.03. The van der Waals surface area contributed by atoms with Gasteiger partial charge in [0.05, 0.1) is 38.4 Å². The zero-order valence-corrected chi connectivity index (χ0v) is 19.3. The Kier molecular flexibility index (Phi) is 6.46. The van der Waals surface area contributed by atoms with Gasteiger partial charge in [-0.05, 0) is 70.7 Å². The number of methoxy groups -OCH3 is 2. The Labute approximate surface area is 195 Å². The largest absolute Gasteiger partial charge is 0.502 e. The van der Waals surface area contributed by atoms with Crippen LogP contribution in [-0.4, -0.2) is 30.2 Å². The smallest absolute Gasteiger partial charge is 0.224 e. The number of hydrogen-bond acceptors (Lipinski definition) is 6. The van der Waals surface area contributed by atoms with Gasteiger partial charge in [-0.25, -0.2) is 9.37 Å². The number of carbonyl (C=O) groups is 1. The van der Waals surface area contributed by atoms with Crippen LogP contribution in [0.3, 0.4) is 0 Å². The number of fused-ring (bicyclic) bond motifs is 1. The number of phenolic OH excluding ortho intramolecular Hbond substituents is 1. The number of benzene rings is 2. The lowest BCUT2D eigenvalue weighted by molar-refractivity contribution is -0.120. The number of allylic oxidation sites excluding steroid dienone is 2. The SMILES string of the molecule is COc1cc(C=C2C(C)=C(CC(=O)NCc3cscn3)c3cc(F)ccc32)cc(OC)c1O. The molecule has 1 aromatic heterocycles. The second-order valence-electron chi connectivity index (χ2n) is 7.56. The van der Waals surface area contributed by atoms with Gasteiger partial charge in [-0.2, -0.15) is 0 Å². The van der Waals surface area contributed by atoms with Gasteiger partial charge < -0.3 is 19.9 Å². The van der Waals surface area contributed by atoms with Gasteiger partial charge in [0.1, 0.15) is 5.82 Å². The molecule has 0 spiro atoms. The number of halogens is 1. The zero-order chi connectivity index (χ0) is 23.5. The molecule has 8 heteroatoms. The number of carbonyl (C=O) groups excluding carboxylic acids is 1. The number of aromatic nitrogens is 1. The molecular weight excluding hydrogens is 443 g/mol. The number of thiazole rings is 1. The fourth-order valence-corrected chi connectivity index (χ4v) is 4.44. The Bertz CT molecular complexity index is 1240. The molecule has 4 rings (SSSR count). The average molecular weight is 467 g/mol. The quantitative estimate of drug-likeness (QED) is 0.510. The van der Waals surface area contributed by atoms with E-state index in [9.17, 15) is 14.3 Å². The molecule has 0 radical (unpaired) electrons. The number of rotatable bonds is 7. The molecule has 1 aliphatic rings. The summed E-state index contributed by atoms with van der Waals surface area (Å²) in [7, 11) is 2.93. The van der Waals surface area contributed by atoms with Crippen molar-refractivity contribution in [2.45, 2.75) is 19.9 Å². The molecule has 0 saturated heterocycles. The van der Waals surface area contributed by atoms with E-state index in [1.165, 1.54) is 37.7 Å². The minimum atomic E-state index is -0.365. The van der Waals surface area contributed by atoms with Gasteiger partial charge in [-0.3, -0.25) is 4.79 Å². The lowest BCUT2D eigenvalue weighted by Gasteiger charge is -2.11. The number of hydrogen-bond donors (Lipinski definition) is 2. The van der Waals surface area contributed by atoms with Crippen molar-refractivity contribution in [1.82, 2.24) is 10.3 Å². The summed E-state index contributed by atoms with van der Waals surface area (Å²) in [6.45, 7) is 2.27. The van der Waals surface area contributed by atoms with Gasteiger partial charge in [0.15, 0.2) is 11.5 Å². The summed E-state index contributed by atoms with van der Waals surface area (Å²) in [5, 5.41) is 15.0. The van der Waals surface area contributed by atoms with E-state index in [0.29, 0.717) is 12.1 Å². The monoisotopic (exact) mass is 466 g/mol. The Balaban J connectivity index is 1.70. The van der Waals surface area contributed by atoms with Crippen LogP contribution in [0.5, 0.6) is 17.2 Å². The van der Waals surface area contributed by atoms with E-state index in [4.69, 9.17) is 9.47 Å². The predicted molar refractivity (Wildman–Crippen MR) is 127 cm³/mol. The van der Waals surface area contributed by atoms with Crippen molar-refractivity contribution in [2.24, 2.45) is 0 Å². The third-order valence-electron chi connectivity index (χ3n) is 5.55. The van der Waals surface area contributed by atoms with Crippen LogP contribution in [0.15, 0.2) is 46.8 Å². The van der Waals surface area contributed by atoms with Crippen LogP contribution in [0.2, 0.25) is 0 Å². The van der Waals surface area contributed by atoms with Crippen LogP contribution >= 0.6 is 11.3 Å². The van der Waals surface area contributed by atoms with Crippen molar-refractivity contribution >= 4 is 34.5 Å². The molecule has 3 aromatic rings. The van der Waals surface area contributed by atoms with Crippen molar-refractivity contribution in [1.29, 1.82) is 0 Å². The van der Waals surface area contributed by atoms with E-state index in [0.717, 1.165) is 33.5 Å². The molecule has 1 heterocycles. The minimum absolute atomic E-state index is 0.0826. The fraction of sp³-hybridized carbons (Fsp3) is 0.200. The molecule has 2 aromatic carbocycles. The molecule has 0 aliphatic heterocycles. The highest BCUT2D eigenvalue weighted by molar-refractivity contribution is 7.07. The molecular formula is C25H23FN2O4S. The Hall–Kier alpha value is -3.65. The molecule has 1 aliphatic carbocycles. The van der Waals surface area contributed by atoms with Crippen molar-refractivity contribution in [3.05, 3.63) is 75.0 Å². The summed E-state index contributed by atoms with van der Waals surface area (Å²) in [6, 6.07) is 7.97. The molecule has 0 unspecified atom stereocenters. The Morgan fingerprint density at radius 1 is 1.18 bits per heavy atom. The van der Waals surface area contributed by atoms with E-state index in [1.54, 1.807) is 23.7 Å². The maximum Gasteiger partial charge on any atom is 0.224 e. The third-order valence-corrected chi connectivity index (χ3v) is 6.19. The average Bonchev–Trinajstić information content (AvgIpc) is 3.41. The summed E-state index contributed by atoms with van der Waals surface area (Å²) in [5.41, 5.74) is 7.29. The molecule has 170 valence electrons. The van der Waals surface area contributed by atoms with Gasteiger partial charge in [0, 0.05) is 5.38 Å². The first-order valence-corrected chi connectivity index (χ1v) is 11.2. The molecule has 1 amide bonds. The van der Waals surface area contributed by atoms with Gasteiger partial charge in [-0.15, -0.1) is 11.3 Å². The van der Waals surface area contributed by atoms with Crippen LogP contribution in [0.4, 0.5) is 4.39 Å². The summed E-state index contributed by atoms with van der Waals surface area (Å²) in [5.74, 6) is -0.0534. The van der Waals surface area contributed by atoms with E-state index in [-0.39, 0.29) is 35.4 Å². The number of nitrogens with zero attached hydrogens (tertiary/aromatic N) is 1. The molecule has 0 fully saturated rings. The lowest BCUT2D eigenvalue weighted by Crippen LogP contribution is -2.22. The van der Waals surface area contributed by atoms with E-state index in [2.05, 4.69) is 10.3 Å². The molecule has 0 bridgehead atoms. The van der Waals surface area contributed by atoms with Crippen LogP contribution in [-0.2, 0) is 11.3 Å². The Morgan fingerprint density at radius 2 is 1.91 bits per heavy atom. The van der Waals surface area contributed by atoms with Crippen molar-refractivity contribution in [3.63, 3.8) is 0 Å². The summed E-state index contributed by atoms with van der Waals surface area (Å²) >= 11 is 1.47. The standard InChI is InChI=1S/C25H23FN2O4S/c1-14-19(6-15-7-22(31-2)25(30)23(8-15)32-3)18-5-4-16(26)9-21(18)20(14)10-24(29)27-11-17-12-33-13-28-17/h4-9,12-13,30H,10-11H2,1-3H3,(H,27,29). The third kappa shape index (κ3) is 4.61. The number of nitrogens with one attached hydrogen (secondary N) is 1. The normalized spacial score (nSPS) is 13.9. The van der Waals surface area contributed by atoms with Crippen LogP contribution < -0.4 is 14.8 Å². The van der Waals surface area contributed by atoms with Crippen LogP contribution in [0.25, 0.3) is 17.2 Å². The van der Waals surface area contributed by atoms with Gasteiger partial charge in [0.25, 0.3) is 0 Å². The maximum atomic E-state index is 14.1. The van der Waals surface area contributed by atoms with Gasteiger partial charge in [-0.1, -0.05) is 6.07 Å². The maximum absolute atomic E-state index is 14.1. The number of amides is 1. The molecule has 0 atom stereocenters. The van der Waals surface area contributed by atoms with Crippen LogP contribution in [0, 0.1) is 5.82 Å². The van der Waals surface area contributed by atoms with E-state index in [1.807, 2.05) is 18.4 Å². The molecule has 6 nitrogen and oxygen atoms in total. The Morgan fingerprint density at radius 3 is 2.55 bits per heavy atom. The summed E-state index contributed by atoms with van der Waals surface area (Å²) < 4.78 is 24.6. The van der Waals surface area contributed by atoms with Gasteiger partial charge in [0.2, 0.25) is 11.7 Å². The lowest BCUT2D eigenvalue weighted by atomic mass is 10.00. The first kappa shape index (κ1) is 22.5. The first-order valence-electron chi connectivity index (χ1n) is 10.2. The van der Waals surface area contributed by atoms with Crippen molar-refractivity contribution < 1.29 is 23.8 Å². The van der Waals surface area contributed by atoms with Crippen molar-refractivity contribution in [3.8, 4) is 17.2 Å². The second kappa shape index (κ2) is 9.46. The molecule has 2 N–H and O–H groups in total. The van der Waals surface area contributed by atoms with Crippen molar-refractivity contribution in [2.75, 3.05) is 14.2 Å². The van der Waals surface area contributed by atoms with E-state index < -0.39 is 0 Å². The van der Waals surface area contributed by atoms with Crippen LogP contribution in [0.1, 0.15) is 35.7 Å². The first-order chi connectivity index (χ1) is 15.9. The molecule has 0 saturated carbocycles. The summed E-state index contributed by atoms with van der Waals surface area (Å²) in [4.78, 5) is 16.8. The highest BCUT2D eigenvalue weighted by atomic mass is 32.1.